The highest BCUT2D eigenvalue weighted by Gasteiger charge is 2.41. The van der Waals surface area contributed by atoms with Gasteiger partial charge < -0.3 is 38.5 Å². The molecule has 24 heteroatoms. The number of fused-ring (bicyclic) bond motifs is 1. The van der Waals surface area contributed by atoms with E-state index in [1.807, 2.05) is 0 Å². The lowest BCUT2D eigenvalue weighted by atomic mass is 10.1. The van der Waals surface area contributed by atoms with E-state index in [1.165, 1.54) is 18.3 Å². The van der Waals surface area contributed by atoms with Crippen LogP contribution in [0.2, 0.25) is 0 Å². The summed E-state index contributed by atoms with van der Waals surface area (Å²) < 4.78 is 89.7. The Morgan fingerprint density at radius 1 is 0.786 bits per heavy atom. The van der Waals surface area contributed by atoms with Crippen LogP contribution in [0.5, 0.6) is 0 Å². The van der Waals surface area contributed by atoms with Crippen molar-refractivity contribution in [1.82, 2.24) is 14.3 Å². The quantitative estimate of drug-likeness (QED) is 0.0980. The summed E-state index contributed by atoms with van der Waals surface area (Å²) in [7, 11) is -7.26. The maximum absolute atomic E-state index is 13.4. The van der Waals surface area contributed by atoms with Gasteiger partial charge in [0.1, 0.15) is 8.42 Å². The standard InChI is InChI=1S/C32H47N3O18S3/c1-10-33-24-15-35(12-11-13-47-9)56(45,46)32-23(24)14-25(54-32)55(43,44)34-26(37)16(2)49-28(39)18(4)51-30(41)20(6)53-31(42)21(7)52-29(40)19(5)50-27(38)17(3)48-22(8)36/h14,16-21,24,33H,10-13,15H2,1-9H3,(H,34,37)/t16-,17-,18-,19-,20-,21-,24-/m0/s1. The first kappa shape index (κ1) is 47.9. The number of nitrogens with zero attached hydrogens (tertiary/aromatic N) is 1. The monoisotopic (exact) mass is 857 g/mol. The minimum atomic E-state index is -4.66. The number of hydrogen-bond donors (Lipinski definition) is 2. The summed E-state index contributed by atoms with van der Waals surface area (Å²) in [6.45, 7) is 10.4. The van der Waals surface area contributed by atoms with E-state index in [0.717, 1.165) is 47.6 Å². The van der Waals surface area contributed by atoms with Crippen molar-refractivity contribution in [3.05, 3.63) is 11.6 Å². The number of carbonyl (C=O) groups excluding carboxylic acids is 7. The predicted molar refractivity (Wildman–Crippen MR) is 190 cm³/mol. The number of carbonyl (C=O) groups is 7. The molecule has 1 aromatic rings. The van der Waals surface area contributed by atoms with E-state index in [0.29, 0.717) is 30.9 Å². The Labute approximate surface area is 328 Å². The highest BCUT2D eigenvalue weighted by atomic mass is 32.3. The second-order valence-corrected chi connectivity index (χ2v) is 17.3. The number of likely N-dealkylation sites (N-methyl/N-ethyl adjacent to an activating group) is 1. The number of thiophene rings is 1. The SMILES string of the molecule is CCN[C@H]1CN(CCCOC)S(=O)(=O)c2sc(S(=O)(=O)NC(=O)[C@H](C)OC(=O)[C@H](C)OC(=O)[C@H](C)OC(=O)[C@H](C)OC(=O)[C@H](C)OC(=O)[C@H](C)OC(C)=O)cc21. The molecule has 7 atom stereocenters. The van der Waals surface area contributed by atoms with E-state index in [1.54, 1.807) is 11.6 Å². The van der Waals surface area contributed by atoms with Gasteiger partial charge in [-0.05, 0) is 60.6 Å². The fourth-order valence-electron chi connectivity index (χ4n) is 4.64. The van der Waals surface area contributed by atoms with Crippen molar-refractivity contribution in [2.45, 2.75) is 113 Å². The van der Waals surface area contributed by atoms with Crippen LogP contribution >= 0.6 is 11.3 Å². The van der Waals surface area contributed by atoms with E-state index >= 15 is 0 Å². The minimum Gasteiger partial charge on any atom is -0.451 e. The van der Waals surface area contributed by atoms with Crippen molar-refractivity contribution in [3.63, 3.8) is 0 Å². The van der Waals surface area contributed by atoms with Crippen molar-refractivity contribution in [2.24, 2.45) is 0 Å². The molecular formula is C32H47N3O18S3. The van der Waals surface area contributed by atoms with E-state index in [4.69, 9.17) is 28.4 Å². The number of nitrogens with one attached hydrogen (secondary N) is 2. The van der Waals surface area contributed by atoms with Gasteiger partial charge in [-0.1, -0.05) is 6.92 Å². The first-order chi connectivity index (χ1) is 26.0. The molecular weight excluding hydrogens is 811 g/mol. The average molecular weight is 858 g/mol. The van der Waals surface area contributed by atoms with Crippen LogP contribution in [0.15, 0.2) is 14.5 Å². The second-order valence-electron chi connectivity index (χ2n) is 12.2. The summed E-state index contributed by atoms with van der Waals surface area (Å²) in [6, 6.07) is 0.628. The zero-order valence-corrected chi connectivity index (χ0v) is 34.6. The van der Waals surface area contributed by atoms with Crippen LogP contribution in [0.3, 0.4) is 0 Å². The van der Waals surface area contributed by atoms with Crippen LogP contribution in [0.25, 0.3) is 0 Å². The summed E-state index contributed by atoms with van der Waals surface area (Å²) in [6.07, 6.45) is -9.15. The Bertz CT molecular complexity index is 1850. The molecule has 1 aromatic heterocycles. The Kier molecular flexibility index (Phi) is 17.8. The van der Waals surface area contributed by atoms with E-state index in [2.05, 4.69) is 10.1 Å². The van der Waals surface area contributed by atoms with E-state index < -0.39 is 109 Å². The molecule has 0 radical (unpaired) electrons. The van der Waals surface area contributed by atoms with Crippen LogP contribution in [-0.2, 0) is 86.8 Å². The largest absolute Gasteiger partial charge is 0.451 e. The Morgan fingerprint density at radius 2 is 1.21 bits per heavy atom. The first-order valence-corrected chi connectivity index (χ1v) is 20.8. The number of ether oxygens (including phenoxy) is 7. The van der Waals surface area contributed by atoms with E-state index in [-0.39, 0.29) is 22.9 Å². The van der Waals surface area contributed by atoms with Gasteiger partial charge in [-0.25, -0.2) is 45.5 Å². The van der Waals surface area contributed by atoms with Gasteiger partial charge >= 0.3 is 35.8 Å². The molecule has 1 amide bonds. The highest BCUT2D eigenvalue weighted by molar-refractivity contribution is 7.94. The third-order valence-electron chi connectivity index (χ3n) is 7.58. The fraction of sp³-hybridized carbons (Fsp3) is 0.656. The van der Waals surface area contributed by atoms with Crippen molar-refractivity contribution in [1.29, 1.82) is 0 Å². The number of hydrogen-bond acceptors (Lipinski definition) is 20. The van der Waals surface area contributed by atoms with Crippen LogP contribution in [0.1, 0.15) is 73.4 Å². The van der Waals surface area contributed by atoms with E-state index in [9.17, 15) is 50.4 Å². The molecule has 0 fully saturated rings. The molecule has 1 aliphatic rings. The summed E-state index contributed by atoms with van der Waals surface area (Å²) in [5.74, 6) is -8.06. The summed E-state index contributed by atoms with van der Waals surface area (Å²) in [5.41, 5.74) is 0.222. The van der Waals surface area contributed by atoms with Gasteiger partial charge in [0.2, 0.25) is 0 Å². The average Bonchev–Trinajstić information content (AvgIpc) is 3.58. The number of sulfonamides is 2. The summed E-state index contributed by atoms with van der Waals surface area (Å²) >= 11 is 0.457. The van der Waals surface area contributed by atoms with Gasteiger partial charge in [0, 0.05) is 45.3 Å². The molecule has 1 aliphatic heterocycles. The van der Waals surface area contributed by atoms with Crippen LogP contribution in [0, 0.1) is 0 Å². The maximum Gasteiger partial charge on any atom is 0.347 e. The fourth-order valence-corrected chi connectivity index (χ4v) is 9.56. The topological polar surface area (TPSA) is 280 Å². The maximum atomic E-state index is 13.4. The molecule has 21 nitrogen and oxygen atoms in total. The Morgan fingerprint density at radius 3 is 1.62 bits per heavy atom. The third kappa shape index (κ3) is 13.2. The van der Waals surface area contributed by atoms with Gasteiger partial charge in [-0.15, -0.1) is 11.3 Å². The molecule has 0 saturated carbocycles. The van der Waals surface area contributed by atoms with Gasteiger partial charge in [0.25, 0.3) is 26.0 Å². The molecule has 56 heavy (non-hydrogen) atoms. The Balaban J connectivity index is 1.96. The van der Waals surface area contributed by atoms with Gasteiger partial charge in [0.05, 0.1) is 0 Å². The third-order valence-corrected chi connectivity index (χ3v) is 12.9. The first-order valence-electron chi connectivity index (χ1n) is 17.1. The molecule has 0 aliphatic carbocycles. The van der Waals surface area contributed by atoms with Crippen molar-refractivity contribution in [3.8, 4) is 0 Å². The lowest BCUT2D eigenvalue weighted by Gasteiger charge is -2.32. The molecule has 2 heterocycles. The van der Waals surface area contributed by atoms with Crippen molar-refractivity contribution < 1.29 is 83.6 Å². The summed E-state index contributed by atoms with van der Waals surface area (Å²) in [4.78, 5) is 85.6. The molecule has 0 bridgehead atoms. The van der Waals surface area contributed by atoms with Crippen LogP contribution < -0.4 is 10.0 Å². The number of amides is 1. The second kappa shape index (κ2) is 20.8. The lowest BCUT2D eigenvalue weighted by molar-refractivity contribution is -0.187. The van der Waals surface area contributed by atoms with Crippen molar-refractivity contribution in [2.75, 3.05) is 33.4 Å². The Hall–Kier alpha value is -4.23. The number of rotatable bonds is 20. The number of methoxy groups -OCH3 is 1. The number of esters is 6. The smallest absolute Gasteiger partial charge is 0.347 e. The predicted octanol–water partition coefficient (Wildman–Crippen LogP) is -0.145. The van der Waals surface area contributed by atoms with Gasteiger partial charge in [-0.3, -0.25) is 9.59 Å². The molecule has 0 saturated heterocycles. The molecule has 0 spiro atoms. The van der Waals surface area contributed by atoms with Crippen LogP contribution in [0.4, 0.5) is 0 Å². The van der Waals surface area contributed by atoms with Gasteiger partial charge in [-0.2, -0.15) is 4.31 Å². The zero-order chi connectivity index (χ0) is 42.7. The molecule has 2 rings (SSSR count). The minimum absolute atomic E-state index is 0.0436. The van der Waals surface area contributed by atoms with Crippen molar-refractivity contribution >= 4 is 73.1 Å². The molecule has 0 unspecified atom stereocenters. The molecule has 2 N–H and O–H groups in total. The normalized spacial score (nSPS) is 18.3. The van der Waals surface area contributed by atoms with Gasteiger partial charge in [0.15, 0.2) is 36.6 Å². The highest BCUT2D eigenvalue weighted by Crippen LogP contribution is 2.40. The molecule has 316 valence electrons. The van der Waals surface area contributed by atoms with Crippen LogP contribution in [-0.4, -0.2) is 133 Å². The molecule has 0 aromatic carbocycles. The summed E-state index contributed by atoms with van der Waals surface area (Å²) in [5, 5.41) is 3.14. The zero-order valence-electron chi connectivity index (χ0n) is 32.2. The lowest BCUT2D eigenvalue weighted by Crippen LogP contribution is -2.43.